The van der Waals surface area contributed by atoms with Crippen LogP contribution in [0.5, 0.6) is 23.0 Å². The Hall–Kier alpha value is -9.00. The molecule has 1 spiro atoms. The van der Waals surface area contributed by atoms with Crippen molar-refractivity contribution in [1.29, 1.82) is 0 Å². The summed E-state index contributed by atoms with van der Waals surface area (Å²) in [6.45, 7) is 10.6. The minimum Gasteiger partial charge on any atom is -0.489 e. The van der Waals surface area contributed by atoms with Crippen molar-refractivity contribution in [3.05, 3.63) is 160 Å². The smallest absolute Gasteiger partial charge is 0.352 e. The molecule has 19 nitrogen and oxygen atoms in total. The Labute approximate surface area is 432 Å². The molecule has 5 aromatic carbocycles. The van der Waals surface area contributed by atoms with E-state index >= 15 is 0 Å². The van der Waals surface area contributed by atoms with E-state index in [2.05, 4.69) is 33.2 Å². The van der Waals surface area contributed by atoms with Crippen LogP contribution in [0.3, 0.4) is 0 Å². The van der Waals surface area contributed by atoms with E-state index in [9.17, 15) is 33.9 Å². The molecule has 0 radical (unpaired) electrons. The van der Waals surface area contributed by atoms with Gasteiger partial charge in [-0.2, -0.15) is 0 Å². The number of benzene rings is 5. The number of nitrogens with two attached hydrogens (primary N) is 1. The van der Waals surface area contributed by atoms with Crippen molar-refractivity contribution >= 4 is 52.7 Å². The fraction of sp³-hybridized carbons (Fsp3) is 0.286. The van der Waals surface area contributed by atoms with Gasteiger partial charge in [-0.15, -0.1) is 0 Å². The Bertz CT molecular complexity index is 3210. The average Bonchev–Trinajstić information content (AvgIpc) is 4.11. The quantitative estimate of drug-likeness (QED) is 0.0109. The lowest BCUT2D eigenvalue weighted by Gasteiger charge is -2.53. The van der Waals surface area contributed by atoms with Crippen LogP contribution in [-0.4, -0.2) is 90.8 Å². The van der Waals surface area contributed by atoms with E-state index in [-0.39, 0.29) is 66.7 Å². The first-order chi connectivity index (χ1) is 35.8. The first-order valence-electron chi connectivity index (χ1n) is 24.3. The second kappa shape index (κ2) is 20.1. The van der Waals surface area contributed by atoms with Gasteiger partial charge in [-0.1, -0.05) is 49.9 Å². The first-order valence-corrected chi connectivity index (χ1v) is 24.3. The van der Waals surface area contributed by atoms with Crippen LogP contribution in [0, 0.1) is 5.41 Å². The molecule has 1 saturated heterocycles. The van der Waals surface area contributed by atoms with Gasteiger partial charge in [0.15, 0.2) is 5.60 Å². The molecule has 3 aliphatic heterocycles. The number of esters is 2. The number of nitrogens with zero attached hydrogens (tertiary/aromatic N) is 1. The molecule has 0 aromatic heterocycles. The maximum absolute atomic E-state index is 14.1. The second-order valence-electron chi connectivity index (χ2n) is 19.3. The molecule has 9 rings (SSSR count). The van der Waals surface area contributed by atoms with Crippen LogP contribution in [0.25, 0.3) is 0 Å². The van der Waals surface area contributed by atoms with Gasteiger partial charge in [0.05, 0.1) is 23.8 Å². The number of hydrogen-bond donors (Lipinski definition) is 7. The van der Waals surface area contributed by atoms with Gasteiger partial charge in [0.2, 0.25) is 12.7 Å². The van der Waals surface area contributed by atoms with Crippen molar-refractivity contribution in [3.63, 3.8) is 0 Å². The summed E-state index contributed by atoms with van der Waals surface area (Å²) < 4.78 is 30.1. The summed E-state index contributed by atoms with van der Waals surface area (Å²) in [7, 11) is 1.74. The molecule has 3 amide bonds. The largest absolute Gasteiger partial charge is 0.489 e. The zero-order chi connectivity index (χ0) is 53.4. The minimum absolute atomic E-state index is 0.0524. The molecular weight excluding hydrogens is 963 g/mol. The molecule has 0 bridgehead atoms. The van der Waals surface area contributed by atoms with E-state index in [1.807, 2.05) is 37.3 Å². The number of amides is 3. The van der Waals surface area contributed by atoms with E-state index in [1.165, 1.54) is 11.8 Å². The average molecular weight is 1020 g/mol. The minimum atomic E-state index is -1.54. The van der Waals surface area contributed by atoms with Crippen molar-refractivity contribution in [1.82, 2.24) is 20.9 Å². The zero-order valence-corrected chi connectivity index (χ0v) is 42.0. The summed E-state index contributed by atoms with van der Waals surface area (Å²) in [5, 5.41) is 25.8. The number of rotatable bonds is 20. The third-order valence-corrected chi connectivity index (χ3v) is 14.1. The summed E-state index contributed by atoms with van der Waals surface area (Å²) in [6, 6.07) is 28.6. The number of carbonyl (C=O) groups is 6. The number of carbonyl (C=O) groups excluding carboxylic acids is 5. The summed E-state index contributed by atoms with van der Waals surface area (Å²) in [5.74, 6) is -2.19. The number of hydrogen-bond acceptors (Lipinski definition) is 15. The highest BCUT2D eigenvalue weighted by Gasteiger charge is 2.60. The molecular formula is C56H57N7O12. The summed E-state index contributed by atoms with van der Waals surface area (Å²) in [5.41, 5.74) is 7.26. The van der Waals surface area contributed by atoms with Crippen LogP contribution in [0.4, 0.5) is 17.1 Å². The molecule has 75 heavy (non-hydrogen) atoms. The Morgan fingerprint density at radius 1 is 0.840 bits per heavy atom. The Morgan fingerprint density at radius 3 is 2.15 bits per heavy atom. The second-order valence-corrected chi connectivity index (χ2v) is 19.3. The summed E-state index contributed by atoms with van der Waals surface area (Å²) in [4.78, 5) is 80.0. The van der Waals surface area contributed by atoms with Crippen LogP contribution < -0.4 is 46.5 Å². The van der Waals surface area contributed by atoms with Crippen molar-refractivity contribution in [3.8, 4) is 23.0 Å². The highest BCUT2D eigenvalue weighted by molar-refractivity contribution is 6.04. The normalized spacial score (nSPS) is 19.5. The molecule has 8 N–H and O–H groups in total. The topological polar surface area (TPSA) is 258 Å². The van der Waals surface area contributed by atoms with Gasteiger partial charge in [-0.3, -0.25) is 24.1 Å². The molecule has 1 saturated carbocycles. The maximum Gasteiger partial charge on any atom is 0.352 e. The number of ether oxygens (including phenoxy) is 5. The fourth-order valence-corrected chi connectivity index (χ4v) is 9.68. The number of aliphatic carboxylic acids is 1. The number of nitrogen functional groups attached to an aromatic ring is 1. The molecule has 388 valence electrons. The highest BCUT2D eigenvalue weighted by atomic mass is 16.7. The van der Waals surface area contributed by atoms with Crippen LogP contribution in [0.1, 0.15) is 83.5 Å². The lowest BCUT2D eigenvalue weighted by atomic mass is 9.77. The van der Waals surface area contributed by atoms with Crippen molar-refractivity contribution in [2.24, 2.45) is 5.41 Å². The Balaban J connectivity index is 0.958. The molecule has 2 fully saturated rings. The number of anilines is 3. The number of carboxylic acids is 1. The number of fused-ring (bicyclic) bond motifs is 6. The number of likely N-dealkylation sites (tertiary alicyclic amines) is 1. The number of carboxylic acid groups (broad SMARTS) is 1. The van der Waals surface area contributed by atoms with Crippen LogP contribution in [0.2, 0.25) is 0 Å². The predicted octanol–water partition coefficient (Wildman–Crippen LogP) is 6.55. The standard InChI is InChI=1S/C56H57N7O12/c1-31-55(5,62-48(65)22-34-10-8-7-9-11-34)53(70)63(31)49(51(67)68)45(54(4)18-19-54)29-71-39-13-16-43-46(27-39)74-47-28-40(73-30-72-33(3)64)14-17-44(47)56(43)42-15-12-37(26-41(42)52(69)75-56)61-32(2)59-20-21-60-50(66)35-23-36(57)25-38(24-35)58-6/h7-17,23-28,31,58-59,61H,2,18-22,29-30,57H2,1,3-6H3,(H,60,66)(H,62,65)(H,67,68)/b49-45-/t31?,55-,56?/m0/s1. The lowest BCUT2D eigenvalue weighted by Crippen LogP contribution is -2.78. The van der Waals surface area contributed by atoms with E-state index < -0.39 is 46.4 Å². The number of β-lactam (4-membered cyclic amide) rings is 1. The van der Waals surface area contributed by atoms with Gasteiger partial charge in [0.1, 0.15) is 40.8 Å². The molecule has 3 heterocycles. The Morgan fingerprint density at radius 2 is 1.51 bits per heavy atom. The SMILES string of the molecule is C=C(NCCNC(=O)c1cc(N)cc(NC)c1)Nc1ccc2c(c1)C(=O)OC21c2ccc(OCOC(C)=O)cc2Oc2cc(OC/C(=C(\C(=O)O)N3C(=O)[C@@](C)(NC(=O)Cc4ccccc4)C3C)C3(C)CC3)ccc21. The van der Waals surface area contributed by atoms with Crippen LogP contribution in [-0.2, 0) is 40.7 Å². The third-order valence-electron chi connectivity index (χ3n) is 14.1. The lowest BCUT2D eigenvalue weighted by molar-refractivity contribution is -0.162. The molecule has 4 aliphatic rings. The molecule has 2 unspecified atom stereocenters. The molecule has 5 aromatic rings. The summed E-state index contributed by atoms with van der Waals surface area (Å²) >= 11 is 0. The van der Waals surface area contributed by atoms with Crippen molar-refractivity contribution < 1.29 is 57.6 Å². The summed E-state index contributed by atoms with van der Waals surface area (Å²) in [6.07, 6.45) is 1.38. The van der Waals surface area contributed by atoms with Gasteiger partial charge in [-0.25, -0.2) is 9.59 Å². The predicted molar refractivity (Wildman–Crippen MR) is 276 cm³/mol. The Kier molecular flexibility index (Phi) is 13.7. The van der Waals surface area contributed by atoms with Gasteiger partial charge >= 0.3 is 17.9 Å². The highest BCUT2D eigenvalue weighted by Crippen LogP contribution is 2.58. The molecule has 1 aliphatic carbocycles. The van der Waals surface area contributed by atoms with Gasteiger partial charge < -0.3 is 61.1 Å². The first kappa shape index (κ1) is 50.9. The van der Waals surface area contributed by atoms with E-state index in [0.717, 1.165) is 5.56 Å². The van der Waals surface area contributed by atoms with Crippen molar-refractivity contribution in [2.45, 2.75) is 64.1 Å². The van der Waals surface area contributed by atoms with Gasteiger partial charge in [0.25, 0.3) is 11.8 Å². The van der Waals surface area contributed by atoms with E-state index in [4.69, 9.17) is 29.4 Å². The number of nitrogens with one attached hydrogen (secondary N) is 5. The van der Waals surface area contributed by atoms with Crippen molar-refractivity contribution in [2.75, 3.05) is 49.9 Å². The van der Waals surface area contributed by atoms with Crippen LogP contribution in [0.15, 0.2) is 127 Å². The molecule has 19 heteroatoms. The van der Waals surface area contributed by atoms with Gasteiger partial charge in [-0.05, 0) is 92.3 Å². The monoisotopic (exact) mass is 1020 g/mol. The van der Waals surface area contributed by atoms with E-state index in [1.54, 1.807) is 93.7 Å². The van der Waals surface area contributed by atoms with E-state index in [0.29, 0.717) is 75.8 Å². The van der Waals surface area contributed by atoms with Gasteiger partial charge in [0, 0.05) is 84.1 Å². The molecule has 3 atom stereocenters. The third kappa shape index (κ3) is 9.95. The maximum atomic E-state index is 14.1. The fourth-order valence-electron chi connectivity index (χ4n) is 9.68. The zero-order valence-electron chi connectivity index (χ0n) is 42.0. The van der Waals surface area contributed by atoms with Crippen LogP contribution >= 0.6 is 0 Å².